The lowest BCUT2D eigenvalue weighted by molar-refractivity contribution is -0.154. The van der Waals surface area contributed by atoms with Gasteiger partial charge in [-0.15, -0.1) is 0 Å². The van der Waals surface area contributed by atoms with E-state index in [0.29, 0.717) is 37.6 Å². The van der Waals surface area contributed by atoms with Crippen LogP contribution in [0.1, 0.15) is 130 Å². The number of hydrogen-bond acceptors (Lipinski definition) is 8. The average Bonchev–Trinajstić information content (AvgIpc) is 3.72. The highest BCUT2D eigenvalue weighted by Crippen LogP contribution is 2.50. The maximum absolute atomic E-state index is 15.0. The topological polar surface area (TPSA) is 96.7 Å². The average molecular weight is 809 g/mol. The summed E-state index contributed by atoms with van der Waals surface area (Å²) in [5.41, 5.74) is 3.25. The summed E-state index contributed by atoms with van der Waals surface area (Å²) < 4.78 is 39.1. The van der Waals surface area contributed by atoms with Crippen LogP contribution >= 0.6 is 0 Å². The molecule has 1 unspecified atom stereocenters. The lowest BCUT2D eigenvalue weighted by Crippen LogP contribution is -2.52. The number of esters is 1. The summed E-state index contributed by atoms with van der Waals surface area (Å²) in [5.74, 6) is 0.213. The van der Waals surface area contributed by atoms with E-state index in [4.69, 9.17) is 27.5 Å². The van der Waals surface area contributed by atoms with Crippen LogP contribution < -0.4 is 4.74 Å². The van der Waals surface area contributed by atoms with Gasteiger partial charge < -0.3 is 27.5 Å². The molecule has 10 heteroatoms. The van der Waals surface area contributed by atoms with Gasteiger partial charge in [0.1, 0.15) is 29.8 Å². The van der Waals surface area contributed by atoms with Crippen molar-refractivity contribution in [3.05, 3.63) is 64.9 Å². The van der Waals surface area contributed by atoms with Crippen LogP contribution in [0.4, 0.5) is 0 Å². The van der Waals surface area contributed by atoms with Crippen LogP contribution in [0.15, 0.2) is 47.1 Å². The zero-order valence-electron chi connectivity index (χ0n) is 37.3. The predicted octanol–water partition coefficient (Wildman–Crippen LogP) is 12.1. The van der Waals surface area contributed by atoms with Gasteiger partial charge in [-0.25, -0.2) is 4.79 Å². The number of epoxide rings is 1. The van der Waals surface area contributed by atoms with Crippen LogP contribution in [0.2, 0.25) is 36.3 Å². The summed E-state index contributed by atoms with van der Waals surface area (Å²) in [6.45, 7) is 33.3. The number of hydrogen-bond donors (Lipinski definition) is 0. The minimum Gasteiger partial charge on any atom is -0.488 e. The smallest absolute Gasteiger partial charge is 0.343 e. The van der Waals surface area contributed by atoms with Crippen molar-refractivity contribution >= 4 is 39.4 Å². The molecule has 4 atom stereocenters. The molecule has 1 saturated heterocycles. The Morgan fingerprint density at radius 3 is 2.09 bits per heavy atom. The molecule has 4 rings (SSSR count). The number of ether oxygens (including phenoxy) is 3. The van der Waals surface area contributed by atoms with E-state index in [1.54, 1.807) is 13.2 Å². The second kappa shape index (κ2) is 18.0. The highest BCUT2D eigenvalue weighted by atomic mass is 28.4. The number of carbonyl (C=O) groups excluding carboxylic acids is 2. The maximum atomic E-state index is 15.0. The Morgan fingerprint density at radius 1 is 0.911 bits per heavy atom. The van der Waals surface area contributed by atoms with Crippen LogP contribution in [-0.2, 0) is 47.5 Å². The third-order valence-corrected chi connectivity index (χ3v) is 21.4. The fourth-order valence-corrected chi connectivity index (χ4v) is 9.28. The summed E-state index contributed by atoms with van der Waals surface area (Å²) in [4.78, 5) is 28.7. The third-order valence-electron chi connectivity index (χ3n) is 12.4. The van der Waals surface area contributed by atoms with E-state index >= 15 is 0 Å². The monoisotopic (exact) mass is 808 g/mol. The van der Waals surface area contributed by atoms with Gasteiger partial charge in [0.15, 0.2) is 16.6 Å². The fraction of sp³-hybridized carbons (Fsp3) is 0.652. The van der Waals surface area contributed by atoms with Gasteiger partial charge >= 0.3 is 5.97 Å². The first-order valence-electron chi connectivity index (χ1n) is 21.0. The van der Waals surface area contributed by atoms with E-state index in [-0.39, 0.29) is 35.0 Å². The summed E-state index contributed by atoms with van der Waals surface area (Å²) in [5, 5.41) is 0.760. The van der Waals surface area contributed by atoms with E-state index in [1.807, 2.05) is 25.1 Å². The number of fused-ring (bicyclic) bond motifs is 1. The Labute approximate surface area is 340 Å². The van der Waals surface area contributed by atoms with Gasteiger partial charge in [-0.2, -0.15) is 0 Å². The zero-order chi connectivity index (χ0) is 41.9. The van der Waals surface area contributed by atoms with Gasteiger partial charge in [0.05, 0.1) is 31.1 Å². The second-order valence-corrected chi connectivity index (χ2v) is 28.8. The van der Waals surface area contributed by atoms with Crippen LogP contribution in [-0.4, -0.2) is 52.8 Å². The first kappa shape index (κ1) is 45.9. The Bertz CT molecular complexity index is 1780. The molecule has 0 N–H and O–H groups in total. The minimum atomic E-state index is -2.47. The van der Waals surface area contributed by atoms with Crippen LogP contribution in [0.5, 0.6) is 5.75 Å². The normalized spacial score (nSPS) is 19.0. The van der Waals surface area contributed by atoms with E-state index in [2.05, 4.69) is 107 Å². The highest BCUT2D eigenvalue weighted by Gasteiger charge is 2.69. The van der Waals surface area contributed by atoms with Crippen molar-refractivity contribution in [1.29, 1.82) is 0 Å². The second-order valence-electron chi connectivity index (χ2n) is 19.2. The molecule has 0 spiro atoms. The molecule has 56 heavy (non-hydrogen) atoms. The molecule has 312 valence electrons. The quantitative estimate of drug-likeness (QED) is 0.0632. The molecule has 1 aliphatic heterocycles. The Balaban J connectivity index is 1.87. The number of ketones is 1. The molecule has 1 aliphatic rings. The standard InChI is InChI=1S/C46H72O8Si2/c1-16-22-34(38(47)27-40(54-56(14,15)45(9,10)11)46(39(17-2)53-46)43(48)49-18-3)36-29-51-42-35(36)26-33(25-31(4)5)41(50-28-32-23-20-19-21-24-32)37(42)30-52-55(12,13)44(6,7)8/h19-21,23-24,26,29,31,34,39-40H,16-18,22,25,27-28,30H2,1-15H3/t34-,39?,40+,46-/m1/s1. The molecule has 8 nitrogen and oxygen atoms in total. The van der Waals surface area contributed by atoms with Crippen molar-refractivity contribution in [2.75, 3.05) is 6.61 Å². The number of carbonyl (C=O) groups is 2. The lowest BCUT2D eigenvalue weighted by Gasteiger charge is -2.40. The molecule has 0 amide bonds. The first-order valence-corrected chi connectivity index (χ1v) is 26.8. The number of Topliss-reactive ketones (excluding diaryl/α,β-unsaturated/α-hetero) is 1. The van der Waals surface area contributed by atoms with Gasteiger partial charge in [-0.3, -0.25) is 4.79 Å². The van der Waals surface area contributed by atoms with E-state index in [1.165, 1.54) is 0 Å². The third kappa shape index (κ3) is 10.1. The SMILES string of the molecule is CCC[C@@H](C(=O)C[C@H](O[Si](C)(C)C(C)(C)C)[C@]1(C(=O)OCC)OC1CC)c1coc2c(CO[Si](C)(C)C(C)(C)C)c(OCc3ccccc3)c(CC(C)C)cc12. The molecule has 2 heterocycles. The van der Waals surface area contributed by atoms with Crippen LogP contribution in [0.3, 0.4) is 0 Å². The van der Waals surface area contributed by atoms with Crippen molar-refractivity contribution < 1.29 is 37.1 Å². The zero-order valence-corrected chi connectivity index (χ0v) is 39.3. The van der Waals surface area contributed by atoms with Crippen molar-refractivity contribution in [2.24, 2.45) is 5.92 Å². The Hall–Kier alpha value is -2.77. The molecule has 2 aromatic carbocycles. The van der Waals surface area contributed by atoms with Crippen LogP contribution in [0.25, 0.3) is 11.0 Å². The molecule has 0 saturated carbocycles. The highest BCUT2D eigenvalue weighted by molar-refractivity contribution is 6.74. The molecule has 0 aliphatic carbocycles. The lowest BCUT2D eigenvalue weighted by atomic mass is 9.84. The number of benzene rings is 2. The predicted molar refractivity (Wildman–Crippen MR) is 231 cm³/mol. The molecule has 1 aromatic heterocycles. The maximum Gasteiger partial charge on any atom is 0.343 e. The summed E-state index contributed by atoms with van der Waals surface area (Å²) in [6.07, 6.45) is 3.44. The van der Waals surface area contributed by atoms with E-state index < -0.39 is 40.2 Å². The molecule has 0 radical (unpaired) electrons. The molecule has 1 fully saturated rings. The Kier molecular flexibility index (Phi) is 14.8. The largest absolute Gasteiger partial charge is 0.488 e. The summed E-state index contributed by atoms with van der Waals surface area (Å²) >= 11 is 0. The summed E-state index contributed by atoms with van der Waals surface area (Å²) in [7, 11) is -4.65. The minimum absolute atomic E-state index is 0.00109. The Morgan fingerprint density at radius 2 is 1.55 bits per heavy atom. The number of rotatable bonds is 20. The van der Waals surface area contributed by atoms with E-state index in [9.17, 15) is 9.59 Å². The summed E-state index contributed by atoms with van der Waals surface area (Å²) in [6, 6.07) is 12.4. The van der Waals surface area contributed by atoms with Gasteiger partial charge in [-0.05, 0) is 85.6 Å². The molecule has 0 bridgehead atoms. The van der Waals surface area contributed by atoms with Gasteiger partial charge in [0.2, 0.25) is 5.60 Å². The van der Waals surface area contributed by atoms with Crippen LogP contribution in [0, 0.1) is 5.92 Å². The van der Waals surface area contributed by atoms with Gasteiger partial charge in [0.25, 0.3) is 0 Å². The van der Waals surface area contributed by atoms with Gasteiger partial charge in [0, 0.05) is 23.3 Å². The first-order chi connectivity index (χ1) is 26.0. The molecule has 3 aromatic rings. The van der Waals surface area contributed by atoms with Crippen molar-refractivity contribution in [3.8, 4) is 5.75 Å². The van der Waals surface area contributed by atoms with Crippen molar-refractivity contribution in [3.63, 3.8) is 0 Å². The molecular weight excluding hydrogens is 737 g/mol. The van der Waals surface area contributed by atoms with E-state index in [0.717, 1.165) is 46.2 Å². The fourth-order valence-electron chi connectivity index (χ4n) is 7.01. The van der Waals surface area contributed by atoms with Crippen molar-refractivity contribution in [2.45, 2.75) is 181 Å². The van der Waals surface area contributed by atoms with Gasteiger partial charge in [-0.1, -0.05) is 106 Å². The molecular formula is C46H72O8Si2. The number of furan rings is 1. The van der Waals surface area contributed by atoms with Crippen molar-refractivity contribution in [1.82, 2.24) is 0 Å².